The largest absolute Gasteiger partial charge is 0.394 e. The van der Waals surface area contributed by atoms with E-state index in [-0.39, 0.29) is 11.1 Å². The van der Waals surface area contributed by atoms with Gasteiger partial charge in [-0.25, -0.2) is 0 Å². The number of hydrogen-bond acceptors (Lipinski definition) is 2. The molecule has 0 spiro atoms. The van der Waals surface area contributed by atoms with Crippen LogP contribution in [0.3, 0.4) is 0 Å². The lowest BCUT2D eigenvalue weighted by atomic mass is 10.2. The summed E-state index contributed by atoms with van der Waals surface area (Å²) in [5.74, 6) is 0. The Bertz CT molecular complexity index is 608. The van der Waals surface area contributed by atoms with Crippen LogP contribution in [-0.2, 0) is 6.54 Å². The lowest BCUT2D eigenvalue weighted by Gasteiger charge is -2.09. The molecule has 0 atom stereocenters. The van der Waals surface area contributed by atoms with Gasteiger partial charge in [0.25, 0.3) is 0 Å². The van der Waals surface area contributed by atoms with Gasteiger partial charge in [0.1, 0.15) is 0 Å². The summed E-state index contributed by atoms with van der Waals surface area (Å²) in [5, 5.41) is 1.25. The maximum atomic E-state index is 11.2. The molecule has 0 aliphatic heterocycles. The van der Waals surface area contributed by atoms with Crippen molar-refractivity contribution in [1.82, 2.24) is 4.57 Å². The first-order valence-electron chi connectivity index (χ1n) is 4.96. The molecular formula is C12H10Cl2N2O. The molecule has 1 heterocycles. The normalized spacial score (nSPS) is 10.5. The fourth-order valence-electron chi connectivity index (χ4n) is 1.50. The molecular weight excluding hydrogens is 259 g/mol. The second-order valence-corrected chi connectivity index (χ2v) is 4.52. The van der Waals surface area contributed by atoms with Gasteiger partial charge in [0, 0.05) is 35.1 Å². The molecule has 5 heteroatoms. The van der Waals surface area contributed by atoms with Gasteiger partial charge < -0.3 is 10.3 Å². The van der Waals surface area contributed by atoms with Crippen LogP contribution in [0.25, 0.3) is 0 Å². The Balaban J connectivity index is 2.34. The molecule has 88 valence electrons. The quantitative estimate of drug-likeness (QED) is 0.911. The predicted octanol–water partition coefficient (Wildman–Crippen LogP) is 2.79. The first-order valence-corrected chi connectivity index (χ1v) is 5.71. The van der Waals surface area contributed by atoms with E-state index in [1.165, 1.54) is 6.07 Å². The Hall–Kier alpha value is -1.45. The maximum absolute atomic E-state index is 11.2. The lowest BCUT2D eigenvalue weighted by molar-refractivity contribution is 0.791. The van der Waals surface area contributed by atoms with Crippen LogP contribution in [0.1, 0.15) is 5.56 Å². The molecule has 2 aromatic rings. The fourth-order valence-corrected chi connectivity index (χ4v) is 1.88. The zero-order chi connectivity index (χ0) is 12.4. The van der Waals surface area contributed by atoms with E-state index in [9.17, 15) is 4.79 Å². The maximum Gasteiger partial charge on any atom is 0.204 e. The molecule has 0 aliphatic carbocycles. The fraction of sp³-hybridized carbons (Fsp3) is 0.0833. The van der Waals surface area contributed by atoms with Crippen LogP contribution in [0.4, 0.5) is 5.69 Å². The number of anilines is 1. The zero-order valence-corrected chi connectivity index (χ0v) is 10.4. The topological polar surface area (TPSA) is 48.0 Å². The molecule has 1 aromatic heterocycles. The Morgan fingerprint density at radius 2 is 2.00 bits per heavy atom. The molecule has 0 unspecified atom stereocenters. The van der Waals surface area contributed by atoms with E-state index in [4.69, 9.17) is 28.9 Å². The standard InChI is InChI=1S/C12H10Cl2N2O/c13-9-1-2-10(14)8(5-9)6-16-4-3-12(17)11(15)7-16/h1-5,7H,6,15H2. The van der Waals surface area contributed by atoms with Crippen molar-refractivity contribution in [2.45, 2.75) is 6.54 Å². The number of rotatable bonds is 2. The van der Waals surface area contributed by atoms with E-state index < -0.39 is 0 Å². The van der Waals surface area contributed by atoms with Crippen molar-refractivity contribution in [3.63, 3.8) is 0 Å². The minimum atomic E-state index is -0.182. The summed E-state index contributed by atoms with van der Waals surface area (Å²) in [4.78, 5) is 11.2. The lowest BCUT2D eigenvalue weighted by Crippen LogP contribution is -2.11. The Kier molecular flexibility index (Phi) is 3.41. The molecule has 0 aliphatic rings. The number of benzene rings is 1. The monoisotopic (exact) mass is 268 g/mol. The summed E-state index contributed by atoms with van der Waals surface area (Å²) in [6.07, 6.45) is 3.25. The van der Waals surface area contributed by atoms with Crippen LogP contribution in [0, 0.1) is 0 Å². The molecule has 3 nitrogen and oxygen atoms in total. The summed E-state index contributed by atoms with van der Waals surface area (Å²) in [6.45, 7) is 0.518. The van der Waals surface area contributed by atoms with E-state index in [1.54, 1.807) is 35.2 Å². The molecule has 0 radical (unpaired) electrons. The van der Waals surface area contributed by atoms with Crippen molar-refractivity contribution >= 4 is 28.9 Å². The van der Waals surface area contributed by atoms with Crippen LogP contribution in [0.5, 0.6) is 0 Å². The molecule has 2 N–H and O–H groups in total. The Labute approximate surface area is 108 Å². The number of halogens is 2. The van der Waals surface area contributed by atoms with E-state index in [0.717, 1.165) is 5.56 Å². The molecule has 0 amide bonds. The number of aromatic nitrogens is 1. The zero-order valence-electron chi connectivity index (χ0n) is 8.86. The van der Waals surface area contributed by atoms with Crippen LogP contribution in [0.2, 0.25) is 10.0 Å². The van der Waals surface area contributed by atoms with Gasteiger partial charge in [-0.2, -0.15) is 0 Å². The van der Waals surface area contributed by atoms with Gasteiger partial charge in [-0.1, -0.05) is 23.2 Å². The summed E-state index contributed by atoms with van der Waals surface area (Å²) >= 11 is 11.9. The van der Waals surface area contributed by atoms with E-state index in [1.807, 2.05) is 0 Å². The van der Waals surface area contributed by atoms with Gasteiger partial charge in [0.15, 0.2) is 0 Å². The molecule has 0 bridgehead atoms. The van der Waals surface area contributed by atoms with Crippen LogP contribution in [0.15, 0.2) is 41.5 Å². The number of nitrogens with zero attached hydrogens (tertiary/aromatic N) is 1. The molecule has 0 saturated carbocycles. The molecule has 2 rings (SSSR count). The third-order valence-corrected chi connectivity index (χ3v) is 2.97. The van der Waals surface area contributed by atoms with Gasteiger partial charge in [-0.15, -0.1) is 0 Å². The summed E-state index contributed by atoms with van der Waals surface area (Å²) in [6, 6.07) is 6.68. The van der Waals surface area contributed by atoms with Crippen LogP contribution >= 0.6 is 23.2 Å². The highest BCUT2D eigenvalue weighted by Crippen LogP contribution is 2.21. The van der Waals surface area contributed by atoms with Crippen LogP contribution in [-0.4, -0.2) is 4.57 Å². The highest BCUT2D eigenvalue weighted by atomic mass is 35.5. The number of nitrogen functional groups attached to an aromatic ring is 1. The van der Waals surface area contributed by atoms with Crippen LogP contribution < -0.4 is 11.2 Å². The smallest absolute Gasteiger partial charge is 0.204 e. The molecule has 0 saturated heterocycles. The minimum Gasteiger partial charge on any atom is -0.394 e. The van der Waals surface area contributed by atoms with Crippen molar-refractivity contribution in [2.24, 2.45) is 0 Å². The number of pyridine rings is 1. The van der Waals surface area contributed by atoms with Crippen molar-refractivity contribution in [2.75, 3.05) is 5.73 Å². The van der Waals surface area contributed by atoms with Gasteiger partial charge in [0.2, 0.25) is 5.43 Å². The van der Waals surface area contributed by atoms with Gasteiger partial charge in [-0.3, -0.25) is 4.79 Å². The average Bonchev–Trinajstić information content (AvgIpc) is 2.29. The first-order chi connectivity index (χ1) is 8.06. The van der Waals surface area contributed by atoms with E-state index in [2.05, 4.69) is 0 Å². The SMILES string of the molecule is Nc1cn(Cc2cc(Cl)ccc2Cl)ccc1=O. The summed E-state index contributed by atoms with van der Waals surface area (Å²) in [7, 11) is 0. The second kappa shape index (κ2) is 4.82. The highest BCUT2D eigenvalue weighted by Gasteiger charge is 2.03. The number of hydrogen-bond donors (Lipinski definition) is 1. The van der Waals surface area contributed by atoms with E-state index in [0.29, 0.717) is 16.6 Å². The second-order valence-electron chi connectivity index (χ2n) is 3.67. The minimum absolute atomic E-state index is 0.182. The molecule has 1 aromatic carbocycles. The van der Waals surface area contributed by atoms with Gasteiger partial charge >= 0.3 is 0 Å². The highest BCUT2D eigenvalue weighted by molar-refractivity contribution is 6.33. The average molecular weight is 269 g/mol. The molecule has 17 heavy (non-hydrogen) atoms. The van der Waals surface area contributed by atoms with Gasteiger partial charge in [-0.05, 0) is 23.8 Å². The summed E-state index contributed by atoms with van der Waals surface area (Å²) < 4.78 is 1.79. The number of nitrogens with two attached hydrogens (primary N) is 1. The third-order valence-electron chi connectivity index (χ3n) is 2.37. The Morgan fingerprint density at radius 3 is 2.71 bits per heavy atom. The van der Waals surface area contributed by atoms with E-state index >= 15 is 0 Å². The molecule has 0 fully saturated rings. The first kappa shape index (κ1) is 12.0. The Morgan fingerprint density at radius 1 is 1.24 bits per heavy atom. The van der Waals surface area contributed by atoms with Crippen molar-refractivity contribution < 1.29 is 0 Å². The van der Waals surface area contributed by atoms with Gasteiger partial charge in [0.05, 0.1) is 5.69 Å². The predicted molar refractivity (Wildman–Crippen MR) is 70.7 cm³/mol. The van der Waals surface area contributed by atoms with Crippen molar-refractivity contribution in [3.8, 4) is 0 Å². The van der Waals surface area contributed by atoms with Crippen molar-refractivity contribution in [1.29, 1.82) is 0 Å². The third kappa shape index (κ3) is 2.81. The van der Waals surface area contributed by atoms with Crippen molar-refractivity contribution in [3.05, 3.63) is 62.5 Å². The summed E-state index contributed by atoms with van der Waals surface area (Å²) in [5.41, 5.74) is 6.46.